The zero-order valence-corrected chi connectivity index (χ0v) is 12.3. The van der Waals surface area contributed by atoms with Crippen LogP contribution in [-0.4, -0.2) is 11.6 Å². The summed E-state index contributed by atoms with van der Waals surface area (Å²) in [4.78, 5) is 11.3. The Balaban J connectivity index is -0.000000318. The lowest BCUT2D eigenvalue weighted by Gasteiger charge is -2.25. The van der Waals surface area contributed by atoms with Gasteiger partial charge in [0, 0.05) is 0 Å². The van der Waals surface area contributed by atoms with Crippen molar-refractivity contribution < 1.29 is 9.53 Å². The van der Waals surface area contributed by atoms with Gasteiger partial charge in [0.05, 0.1) is 5.41 Å². The van der Waals surface area contributed by atoms with Gasteiger partial charge in [-0.3, -0.25) is 4.79 Å². The molecule has 94 valence electrons. The molecule has 0 atom stereocenters. The second kappa shape index (κ2) is 8.75. The second-order valence-electron chi connectivity index (χ2n) is 4.75. The van der Waals surface area contributed by atoms with Crippen LogP contribution < -0.4 is 0 Å². The van der Waals surface area contributed by atoms with E-state index >= 15 is 0 Å². The first-order chi connectivity index (χ1) is 6.63. The first-order valence-electron chi connectivity index (χ1n) is 5.86. The minimum absolute atomic E-state index is 0.148. The van der Waals surface area contributed by atoms with Crippen molar-refractivity contribution >= 4 is 5.97 Å². The van der Waals surface area contributed by atoms with Crippen LogP contribution in [0.3, 0.4) is 0 Å². The van der Waals surface area contributed by atoms with Crippen LogP contribution in [-0.2, 0) is 9.53 Å². The second-order valence-corrected chi connectivity index (χ2v) is 4.75. The minimum atomic E-state index is -0.396. The summed E-state index contributed by atoms with van der Waals surface area (Å²) in [5.74, 6) is -0.148. The lowest BCUT2D eigenvalue weighted by atomic mass is 9.97. The quantitative estimate of drug-likeness (QED) is 0.562. The maximum Gasteiger partial charge on any atom is 0.311 e. The summed E-state index contributed by atoms with van der Waals surface area (Å²) in [7, 11) is 0. The van der Waals surface area contributed by atoms with Crippen LogP contribution in [0.25, 0.3) is 0 Å². The summed E-state index contributed by atoms with van der Waals surface area (Å²) in [6.45, 7) is 19.2. The predicted octanol–water partition coefficient (Wildman–Crippen LogP) is 4.43. The average Bonchev–Trinajstić information content (AvgIpc) is 2.07. The summed E-state index contributed by atoms with van der Waals surface area (Å²) in [5.41, 5.74) is -0.766. The lowest BCUT2D eigenvalue weighted by Crippen LogP contribution is -2.31. The molecule has 0 aromatic rings. The molecule has 0 rings (SSSR count). The van der Waals surface area contributed by atoms with Gasteiger partial charge in [-0.05, 0) is 41.5 Å². The molecule has 0 unspecified atom stereocenters. The van der Waals surface area contributed by atoms with Crippen molar-refractivity contribution in [2.24, 2.45) is 5.41 Å². The molecule has 15 heavy (non-hydrogen) atoms. The number of hydrogen-bond donors (Lipinski definition) is 0. The number of rotatable bonds is 0. The van der Waals surface area contributed by atoms with E-state index in [2.05, 4.69) is 0 Å². The Hall–Kier alpha value is -0.530. The third kappa shape index (κ3) is 16.2. The molecule has 0 spiro atoms. The molecule has 2 heteroatoms. The highest BCUT2D eigenvalue weighted by Gasteiger charge is 2.27. The van der Waals surface area contributed by atoms with Crippen LogP contribution in [0.5, 0.6) is 0 Å². The Morgan fingerprint density at radius 2 is 1.07 bits per heavy atom. The van der Waals surface area contributed by atoms with E-state index in [9.17, 15) is 4.79 Å². The standard InChI is InChI=1S/C9H18O2.2C2H6/c1-8(2,3)7(10)11-9(4,5)6;2*1-2/h1-6H3;2*1-2H3. The average molecular weight is 218 g/mol. The van der Waals surface area contributed by atoms with Crippen molar-refractivity contribution in [2.45, 2.75) is 74.8 Å². The Kier molecular flexibility index (Phi) is 11.6. The van der Waals surface area contributed by atoms with E-state index in [1.54, 1.807) is 0 Å². The van der Waals surface area contributed by atoms with Crippen LogP contribution in [0.15, 0.2) is 0 Å². The SMILES string of the molecule is CC.CC.CC(C)(C)OC(=O)C(C)(C)C. The summed E-state index contributed by atoms with van der Waals surface area (Å²) in [5, 5.41) is 0. The van der Waals surface area contributed by atoms with Crippen LogP contribution in [0.4, 0.5) is 0 Å². The van der Waals surface area contributed by atoms with Crippen LogP contribution in [0.2, 0.25) is 0 Å². The van der Waals surface area contributed by atoms with Gasteiger partial charge >= 0.3 is 5.97 Å². The van der Waals surface area contributed by atoms with E-state index in [4.69, 9.17) is 4.74 Å². The molecule has 0 fully saturated rings. The topological polar surface area (TPSA) is 26.3 Å². The third-order valence-electron chi connectivity index (χ3n) is 1.01. The highest BCUT2D eigenvalue weighted by molar-refractivity contribution is 5.75. The monoisotopic (exact) mass is 218 g/mol. The van der Waals surface area contributed by atoms with E-state index in [0.29, 0.717) is 0 Å². The largest absolute Gasteiger partial charge is 0.460 e. The molecule has 0 aliphatic rings. The molecule has 0 heterocycles. The molecule has 0 N–H and O–H groups in total. The summed E-state index contributed by atoms with van der Waals surface area (Å²) < 4.78 is 5.16. The molecule has 0 saturated carbocycles. The van der Waals surface area contributed by atoms with Gasteiger partial charge in [-0.15, -0.1) is 0 Å². The number of ether oxygens (including phenoxy) is 1. The van der Waals surface area contributed by atoms with Crippen LogP contribution in [0, 0.1) is 5.41 Å². The fourth-order valence-electron chi connectivity index (χ4n) is 0.431. The van der Waals surface area contributed by atoms with Gasteiger partial charge in [0.1, 0.15) is 5.60 Å². The molecule has 0 bridgehead atoms. The Morgan fingerprint density at radius 1 is 0.800 bits per heavy atom. The van der Waals surface area contributed by atoms with Crippen LogP contribution in [0.1, 0.15) is 69.2 Å². The van der Waals surface area contributed by atoms with E-state index in [1.807, 2.05) is 69.2 Å². The highest BCUT2D eigenvalue weighted by atomic mass is 16.6. The zero-order chi connectivity index (χ0) is 13.3. The molecule has 0 aromatic carbocycles. The van der Waals surface area contributed by atoms with Crippen molar-refractivity contribution in [3.63, 3.8) is 0 Å². The first-order valence-corrected chi connectivity index (χ1v) is 5.86. The molecule has 0 saturated heterocycles. The normalized spacial score (nSPS) is 10.3. The maximum atomic E-state index is 11.3. The minimum Gasteiger partial charge on any atom is -0.460 e. The van der Waals surface area contributed by atoms with E-state index in [1.165, 1.54) is 0 Å². The van der Waals surface area contributed by atoms with Crippen molar-refractivity contribution in [3.05, 3.63) is 0 Å². The van der Waals surface area contributed by atoms with Crippen molar-refractivity contribution in [3.8, 4) is 0 Å². The van der Waals surface area contributed by atoms with Crippen LogP contribution >= 0.6 is 0 Å². The fraction of sp³-hybridized carbons (Fsp3) is 0.923. The predicted molar refractivity (Wildman–Crippen MR) is 68.0 cm³/mol. The summed E-state index contributed by atoms with van der Waals surface area (Å²) >= 11 is 0. The molecular weight excluding hydrogens is 188 g/mol. The molecule has 0 amide bonds. The molecule has 0 aliphatic heterocycles. The first kappa shape index (κ1) is 20.0. The lowest BCUT2D eigenvalue weighted by molar-refractivity contribution is -0.164. The fourth-order valence-corrected chi connectivity index (χ4v) is 0.431. The van der Waals surface area contributed by atoms with Crippen molar-refractivity contribution in [1.82, 2.24) is 0 Å². The molecule has 0 radical (unpaired) electrons. The number of carbonyl (C=O) groups excluding carboxylic acids is 1. The van der Waals surface area contributed by atoms with Gasteiger partial charge in [0.25, 0.3) is 0 Å². The van der Waals surface area contributed by atoms with Gasteiger partial charge in [-0.25, -0.2) is 0 Å². The summed E-state index contributed by atoms with van der Waals surface area (Å²) in [6.07, 6.45) is 0. The number of hydrogen-bond acceptors (Lipinski definition) is 2. The molecular formula is C13H30O2. The van der Waals surface area contributed by atoms with Gasteiger partial charge < -0.3 is 4.74 Å². The number of esters is 1. The Labute approximate surface area is 96.4 Å². The Bertz CT molecular complexity index is 147. The highest BCUT2D eigenvalue weighted by Crippen LogP contribution is 2.19. The smallest absolute Gasteiger partial charge is 0.311 e. The van der Waals surface area contributed by atoms with E-state index in [-0.39, 0.29) is 11.6 Å². The molecule has 0 aliphatic carbocycles. The molecule has 0 aromatic heterocycles. The maximum absolute atomic E-state index is 11.3. The van der Waals surface area contributed by atoms with E-state index < -0.39 is 5.41 Å². The van der Waals surface area contributed by atoms with Gasteiger partial charge in [0.15, 0.2) is 0 Å². The van der Waals surface area contributed by atoms with E-state index in [0.717, 1.165) is 0 Å². The number of carbonyl (C=O) groups is 1. The van der Waals surface area contributed by atoms with Gasteiger partial charge in [-0.2, -0.15) is 0 Å². The van der Waals surface area contributed by atoms with Gasteiger partial charge in [-0.1, -0.05) is 27.7 Å². The van der Waals surface area contributed by atoms with Crippen molar-refractivity contribution in [2.75, 3.05) is 0 Å². The zero-order valence-electron chi connectivity index (χ0n) is 12.3. The van der Waals surface area contributed by atoms with Crippen molar-refractivity contribution in [1.29, 1.82) is 0 Å². The Morgan fingerprint density at radius 3 is 1.13 bits per heavy atom. The third-order valence-corrected chi connectivity index (χ3v) is 1.01. The summed E-state index contributed by atoms with van der Waals surface area (Å²) in [6, 6.07) is 0. The molecule has 2 nitrogen and oxygen atoms in total. The van der Waals surface area contributed by atoms with Gasteiger partial charge in [0.2, 0.25) is 0 Å².